The van der Waals surface area contributed by atoms with Crippen LogP contribution < -0.4 is 21.3 Å². The topological polar surface area (TPSA) is 103 Å². The van der Waals surface area contributed by atoms with E-state index in [0.29, 0.717) is 23.2 Å². The van der Waals surface area contributed by atoms with E-state index in [4.69, 9.17) is 10.7 Å². The Morgan fingerprint density at radius 2 is 2.03 bits per heavy atom. The van der Waals surface area contributed by atoms with Gasteiger partial charge >= 0.3 is 0 Å². The average molecular weight is 438 g/mol. The first-order valence-corrected chi connectivity index (χ1v) is 9.55. The summed E-state index contributed by atoms with van der Waals surface area (Å²) < 4.78 is 0. The Labute approximate surface area is 184 Å². The lowest BCUT2D eigenvalue weighted by atomic mass is 10.2. The molecule has 0 radical (unpaired) electrons. The number of nitriles is 1. The monoisotopic (exact) mass is 437 g/mol. The van der Waals surface area contributed by atoms with Crippen LogP contribution in [0.4, 0.5) is 23.1 Å². The SMILES string of the molecule is CCCc1cc(N2CC[C@H](NCC)C2)nc(Nc2ccc(N)c(C#N)c2)n1.Cl.Cl. The molecule has 0 amide bonds. The highest BCUT2D eigenvalue weighted by molar-refractivity contribution is 5.85. The van der Waals surface area contributed by atoms with E-state index < -0.39 is 0 Å². The van der Waals surface area contributed by atoms with Crippen molar-refractivity contribution in [1.29, 1.82) is 5.26 Å². The Hall–Kier alpha value is -2.27. The molecule has 2 heterocycles. The molecule has 2 aromatic rings. The number of nitrogens with two attached hydrogens (primary N) is 1. The van der Waals surface area contributed by atoms with Crippen LogP contribution in [-0.4, -0.2) is 35.6 Å². The number of nitrogens with one attached hydrogen (secondary N) is 2. The molecule has 1 aromatic heterocycles. The molecule has 1 aromatic carbocycles. The van der Waals surface area contributed by atoms with Crippen molar-refractivity contribution in [1.82, 2.24) is 15.3 Å². The van der Waals surface area contributed by atoms with Crippen molar-refractivity contribution in [2.75, 3.05) is 35.6 Å². The second-order valence-electron chi connectivity index (χ2n) is 6.82. The van der Waals surface area contributed by atoms with E-state index in [-0.39, 0.29) is 24.8 Å². The summed E-state index contributed by atoms with van der Waals surface area (Å²) in [6.45, 7) is 7.20. The first kappa shape index (κ1) is 24.8. The Balaban J connectivity index is 0.00000210. The quantitative estimate of drug-likeness (QED) is 0.567. The normalized spacial score (nSPS) is 15.2. The van der Waals surface area contributed by atoms with Crippen LogP contribution in [0.2, 0.25) is 0 Å². The van der Waals surface area contributed by atoms with Gasteiger partial charge in [-0.15, -0.1) is 24.8 Å². The summed E-state index contributed by atoms with van der Waals surface area (Å²) in [5.74, 6) is 1.50. The second-order valence-corrected chi connectivity index (χ2v) is 6.82. The Bertz CT molecular complexity index is 838. The predicted molar refractivity (Wildman–Crippen MR) is 124 cm³/mol. The molecule has 7 nitrogen and oxygen atoms in total. The van der Waals surface area contributed by atoms with E-state index in [1.165, 1.54) is 0 Å². The van der Waals surface area contributed by atoms with Gasteiger partial charge in [0.2, 0.25) is 5.95 Å². The van der Waals surface area contributed by atoms with Crippen molar-refractivity contribution in [3.63, 3.8) is 0 Å². The number of hydrogen-bond donors (Lipinski definition) is 3. The van der Waals surface area contributed by atoms with E-state index in [1.807, 2.05) is 6.07 Å². The summed E-state index contributed by atoms with van der Waals surface area (Å²) in [5, 5.41) is 15.9. The fraction of sp³-hybridized carbons (Fsp3) is 0.450. The van der Waals surface area contributed by atoms with Crippen LogP contribution in [-0.2, 0) is 6.42 Å². The predicted octanol–water partition coefficient (Wildman–Crippen LogP) is 3.66. The molecule has 0 spiro atoms. The maximum absolute atomic E-state index is 9.18. The van der Waals surface area contributed by atoms with Crippen molar-refractivity contribution >= 4 is 48.0 Å². The highest BCUT2D eigenvalue weighted by Gasteiger charge is 2.23. The Morgan fingerprint density at radius 3 is 2.72 bits per heavy atom. The van der Waals surface area contributed by atoms with Crippen LogP contribution in [0.3, 0.4) is 0 Å². The highest BCUT2D eigenvalue weighted by Crippen LogP contribution is 2.24. The van der Waals surface area contributed by atoms with Gasteiger partial charge in [0.1, 0.15) is 11.9 Å². The molecule has 1 fully saturated rings. The van der Waals surface area contributed by atoms with Crippen LogP contribution in [0.5, 0.6) is 0 Å². The summed E-state index contributed by atoms with van der Waals surface area (Å²) in [5.41, 5.74) is 8.50. The number of nitrogen functional groups attached to an aromatic ring is 1. The molecule has 4 N–H and O–H groups in total. The molecule has 158 valence electrons. The maximum atomic E-state index is 9.18. The van der Waals surface area contributed by atoms with Crippen LogP contribution in [0, 0.1) is 11.3 Å². The minimum atomic E-state index is 0. The molecule has 0 unspecified atom stereocenters. The largest absolute Gasteiger partial charge is 0.398 e. The summed E-state index contributed by atoms with van der Waals surface area (Å²) in [7, 11) is 0. The lowest BCUT2D eigenvalue weighted by Gasteiger charge is -2.19. The number of hydrogen-bond acceptors (Lipinski definition) is 7. The van der Waals surface area contributed by atoms with Gasteiger partial charge in [-0.2, -0.15) is 10.2 Å². The molecule has 1 atom stereocenters. The van der Waals surface area contributed by atoms with Crippen LogP contribution in [0.25, 0.3) is 0 Å². The molecule has 3 rings (SSSR count). The minimum Gasteiger partial charge on any atom is -0.398 e. The maximum Gasteiger partial charge on any atom is 0.229 e. The smallest absolute Gasteiger partial charge is 0.229 e. The van der Waals surface area contributed by atoms with Crippen LogP contribution in [0.1, 0.15) is 37.9 Å². The number of aromatic nitrogens is 2. The third-order valence-corrected chi connectivity index (χ3v) is 4.71. The zero-order chi connectivity index (χ0) is 19.2. The van der Waals surface area contributed by atoms with Crippen molar-refractivity contribution in [3.05, 3.63) is 35.5 Å². The lowest BCUT2D eigenvalue weighted by molar-refractivity contribution is 0.571. The molecule has 0 aliphatic carbocycles. The number of benzene rings is 1. The Kier molecular flexibility index (Phi) is 9.96. The fourth-order valence-electron chi connectivity index (χ4n) is 3.37. The van der Waals surface area contributed by atoms with Gasteiger partial charge in [-0.05, 0) is 37.6 Å². The van der Waals surface area contributed by atoms with Gasteiger partial charge in [-0.3, -0.25) is 0 Å². The third-order valence-electron chi connectivity index (χ3n) is 4.71. The zero-order valence-electron chi connectivity index (χ0n) is 16.8. The summed E-state index contributed by atoms with van der Waals surface area (Å²) in [6.07, 6.45) is 3.05. The number of halogens is 2. The molecule has 1 aliphatic heterocycles. The average Bonchev–Trinajstić information content (AvgIpc) is 3.12. The first-order valence-electron chi connectivity index (χ1n) is 9.55. The molecule has 29 heavy (non-hydrogen) atoms. The molecular formula is C20H29Cl2N7. The van der Waals surface area contributed by atoms with Gasteiger partial charge in [0.15, 0.2) is 0 Å². The molecule has 0 bridgehead atoms. The Morgan fingerprint density at radius 1 is 1.24 bits per heavy atom. The molecule has 1 saturated heterocycles. The molecular weight excluding hydrogens is 409 g/mol. The summed E-state index contributed by atoms with van der Waals surface area (Å²) in [4.78, 5) is 11.7. The van der Waals surface area contributed by atoms with Gasteiger partial charge in [0, 0.05) is 42.3 Å². The standard InChI is InChI=1S/C20H27N7.2ClH/c1-3-5-15-11-19(27-9-8-17(13-27)23-4-2)26-20(24-15)25-16-6-7-18(22)14(10-16)12-21;;/h6-7,10-11,17,23H,3-5,8-9,13,22H2,1-2H3,(H,24,25,26);2*1H/t17-;;/m0../s1. The van der Waals surface area contributed by atoms with Gasteiger partial charge < -0.3 is 21.3 Å². The van der Waals surface area contributed by atoms with E-state index in [2.05, 4.69) is 46.5 Å². The van der Waals surface area contributed by atoms with Crippen LogP contribution >= 0.6 is 24.8 Å². The van der Waals surface area contributed by atoms with Crippen molar-refractivity contribution < 1.29 is 0 Å². The van der Waals surface area contributed by atoms with E-state index in [1.54, 1.807) is 12.1 Å². The van der Waals surface area contributed by atoms with Crippen LogP contribution in [0.15, 0.2) is 24.3 Å². The molecule has 9 heteroatoms. The molecule has 1 aliphatic rings. The van der Waals surface area contributed by atoms with Gasteiger partial charge in [0.05, 0.1) is 5.56 Å². The number of aryl methyl sites for hydroxylation is 1. The van der Waals surface area contributed by atoms with Crippen molar-refractivity contribution in [2.24, 2.45) is 0 Å². The third kappa shape index (κ3) is 6.36. The number of likely N-dealkylation sites (N-methyl/N-ethyl adjacent to an activating group) is 1. The van der Waals surface area contributed by atoms with Gasteiger partial charge in [-0.25, -0.2) is 4.98 Å². The fourth-order valence-corrected chi connectivity index (χ4v) is 3.37. The van der Waals surface area contributed by atoms with Gasteiger partial charge in [-0.1, -0.05) is 20.3 Å². The van der Waals surface area contributed by atoms with Crippen molar-refractivity contribution in [2.45, 2.75) is 39.2 Å². The molecule has 0 saturated carbocycles. The van der Waals surface area contributed by atoms with E-state index in [9.17, 15) is 5.26 Å². The van der Waals surface area contributed by atoms with E-state index in [0.717, 1.165) is 56.1 Å². The summed E-state index contributed by atoms with van der Waals surface area (Å²) >= 11 is 0. The summed E-state index contributed by atoms with van der Waals surface area (Å²) in [6, 6.07) is 9.98. The van der Waals surface area contributed by atoms with E-state index >= 15 is 0 Å². The number of anilines is 4. The first-order chi connectivity index (χ1) is 13.1. The second kappa shape index (κ2) is 11.7. The number of nitrogens with zero attached hydrogens (tertiary/aromatic N) is 4. The lowest BCUT2D eigenvalue weighted by Crippen LogP contribution is -2.32. The van der Waals surface area contributed by atoms with Crippen molar-refractivity contribution in [3.8, 4) is 6.07 Å². The number of rotatable bonds is 7. The zero-order valence-corrected chi connectivity index (χ0v) is 18.4. The highest BCUT2D eigenvalue weighted by atomic mass is 35.5. The minimum absolute atomic E-state index is 0. The van der Waals surface area contributed by atoms with Gasteiger partial charge in [0.25, 0.3) is 0 Å².